The van der Waals surface area contributed by atoms with Gasteiger partial charge in [-0.3, -0.25) is 0 Å². The van der Waals surface area contributed by atoms with E-state index in [4.69, 9.17) is 0 Å². The van der Waals surface area contributed by atoms with Crippen molar-refractivity contribution in [2.75, 3.05) is 6.54 Å². The van der Waals surface area contributed by atoms with Gasteiger partial charge in [-0.25, -0.2) is 0 Å². The first-order chi connectivity index (χ1) is 7.31. The monoisotopic (exact) mass is 211 g/mol. The largest absolute Gasteiger partial charge is 0.389 e. The fourth-order valence-electron chi connectivity index (χ4n) is 1.65. The zero-order valence-corrected chi connectivity index (χ0v) is 10.8. The average molecular weight is 211 g/mol. The van der Waals surface area contributed by atoms with E-state index in [1.54, 1.807) is 0 Å². The molecule has 0 atom stereocenters. The predicted octanol–water partition coefficient (Wildman–Crippen LogP) is 4.64. The Morgan fingerprint density at radius 1 is 0.867 bits per heavy atom. The van der Waals surface area contributed by atoms with E-state index in [0.29, 0.717) is 0 Å². The van der Waals surface area contributed by atoms with Crippen molar-refractivity contribution in [1.29, 1.82) is 0 Å². The molecule has 1 N–H and O–H groups in total. The normalized spacial score (nSPS) is 10.3. The maximum absolute atomic E-state index is 3.93. The van der Waals surface area contributed by atoms with Crippen LogP contribution in [0.3, 0.4) is 0 Å². The molecule has 0 aromatic carbocycles. The van der Waals surface area contributed by atoms with Crippen LogP contribution in [-0.2, 0) is 0 Å². The fourth-order valence-corrected chi connectivity index (χ4v) is 1.65. The van der Waals surface area contributed by atoms with Gasteiger partial charge in [-0.05, 0) is 12.8 Å². The van der Waals surface area contributed by atoms with Crippen LogP contribution in [0.5, 0.6) is 0 Å². The number of nitrogens with one attached hydrogen (secondary N) is 1. The zero-order valence-electron chi connectivity index (χ0n) is 10.8. The van der Waals surface area contributed by atoms with Crippen molar-refractivity contribution in [3.8, 4) is 0 Å². The van der Waals surface area contributed by atoms with Gasteiger partial charge in [0.25, 0.3) is 0 Å². The molecule has 1 nitrogen and oxygen atoms in total. The Hall–Kier alpha value is -0.460. The van der Waals surface area contributed by atoms with Crippen molar-refractivity contribution in [3.63, 3.8) is 0 Å². The molecule has 0 aliphatic heterocycles. The summed E-state index contributed by atoms with van der Waals surface area (Å²) in [4.78, 5) is 0. The van der Waals surface area contributed by atoms with Gasteiger partial charge in [0.2, 0.25) is 0 Å². The zero-order chi connectivity index (χ0) is 11.4. The summed E-state index contributed by atoms with van der Waals surface area (Å²) < 4.78 is 0. The molecule has 1 heteroatoms. The second-order valence-corrected chi connectivity index (χ2v) is 4.36. The molecule has 0 aliphatic carbocycles. The lowest BCUT2D eigenvalue weighted by Gasteiger charge is -2.06. The van der Waals surface area contributed by atoms with Crippen molar-refractivity contribution in [2.24, 2.45) is 0 Å². The molecule has 0 aromatic heterocycles. The summed E-state index contributed by atoms with van der Waals surface area (Å²) in [6.45, 7) is 9.45. The van der Waals surface area contributed by atoms with Gasteiger partial charge in [0.05, 0.1) is 0 Å². The second-order valence-electron chi connectivity index (χ2n) is 4.36. The molecular weight excluding hydrogens is 182 g/mol. The summed E-state index contributed by atoms with van der Waals surface area (Å²) in [7, 11) is 0. The maximum atomic E-state index is 3.93. The van der Waals surface area contributed by atoms with E-state index < -0.39 is 0 Å². The summed E-state index contributed by atoms with van der Waals surface area (Å²) in [5, 5.41) is 3.35. The number of rotatable bonds is 11. The first kappa shape index (κ1) is 14.5. The Bertz CT molecular complexity index is 140. The number of hydrogen-bond donors (Lipinski definition) is 1. The number of hydrogen-bond acceptors (Lipinski definition) is 1. The lowest BCUT2D eigenvalue weighted by molar-refractivity contribution is 0.566. The highest BCUT2D eigenvalue weighted by Gasteiger charge is 1.92. The first-order valence-corrected chi connectivity index (χ1v) is 6.72. The quantitative estimate of drug-likeness (QED) is 0.491. The highest BCUT2D eigenvalue weighted by Crippen LogP contribution is 2.08. The van der Waals surface area contributed by atoms with E-state index >= 15 is 0 Å². The molecule has 0 aromatic rings. The van der Waals surface area contributed by atoms with Crippen molar-refractivity contribution in [1.82, 2.24) is 5.32 Å². The molecule has 0 aliphatic rings. The highest BCUT2D eigenvalue weighted by atomic mass is 14.9. The molecule has 0 spiro atoms. The Morgan fingerprint density at radius 2 is 1.40 bits per heavy atom. The first-order valence-electron chi connectivity index (χ1n) is 6.72. The standard InChI is InChI=1S/C14H29N/c1-4-6-7-8-9-10-11-12-13-15-14(3)5-2/h15H,3-13H2,1-2H3. The Balaban J connectivity index is 2.95. The van der Waals surface area contributed by atoms with Gasteiger partial charge in [0.1, 0.15) is 0 Å². The second kappa shape index (κ2) is 11.6. The minimum atomic E-state index is 1.05. The van der Waals surface area contributed by atoms with Crippen LogP contribution in [-0.4, -0.2) is 6.54 Å². The van der Waals surface area contributed by atoms with Gasteiger partial charge in [-0.2, -0.15) is 0 Å². The van der Waals surface area contributed by atoms with Crippen LogP contribution in [0.1, 0.15) is 71.6 Å². The summed E-state index contributed by atoms with van der Waals surface area (Å²) >= 11 is 0. The number of allylic oxidation sites excluding steroid dienone is 1. The molecule has 0 saturated heterocycles. The molecule has 0 radical (unpaired) electrons. The SMILES string of the molecule is C=C(CC)NCCCCCCCCCC. The van der Waals surface area contributed by atoms with Gasteiger partial charge in [0, 0.05) is 12.2 Å². The summed E-state index contributed by atoms with van der Waals surface area (Å²) in [5.41, 5.74) is 1.18. The van der Waals surface area contributed by atoms with Crippen LogP contribution < -0.4 is 5.32 Å². The van der Waals surface area contributed by atoms with E-state index in [1.165, 1.54) is 57.1 Å². The molecule has 0 rings (SSSR count). The molecule has 0 bridgehead atoms. The Kier molecular flexibility index (Phi) is 11.3. The van der Waals surface area contributed by atoms with Crippen LogP contribution in [0.2, 0.25) is 0 Å². The molecule has 0 fully saturated rings. The van der Waals surface area contributed by atoms with Gasteiger partial charge < -0.3 is 5.32 Å². The Morgan fingerprint density at radius 3 is 1.93 bits per heavy atom. The van der Waals surface area contributed by atoms with Crippen LogP contribution in [0, 0.1) is 0 Å². The highest BCUT2D eigenvalue weighted by molar-refractivity contribution is 4.88. The minimum absolute atomic E-state index is 1.05. The van der Waals surface area contributed by atoms with E-state index in [0.717, 1.165) is 13.0 Å². The van der Waals surface area contributed by atoms with Crippen LogP contribution >= 0.6 is 0 Å². The lowest BCUT2D eigenvalue weighted by atomic mass is 10.1. The molecule has 15 heavy (non-hydrogen) atoms. The topological polar surface area (TPSA) is 12.0 Å². The maximum Gasteiger partial charge on any atom is 0.0143 e. The summed E-state index contributed by atoms with van der Waals surface area (Å²) in [6, 6.07) is 0. The molecule has 0 amide bonds. The van der Waals surface area contributed by atoms with Crippen LogP contribution in [0.25, 0.3) is 0 Å². The van der Waals surface area contributed by atoms with Gasteiger partial charge in [0.15, 0.2) is 0 Å². The third kappa shape index (κ3) is 11.5. The lowest BCUT2D eigenvalue weighted by Crippen LogP contribution is -2.12. The molecular formula is C14H29N. The Labute approximate surface area is 96.3 Å². The molecule has 90 valence electrons. The van der Waals surface area contributed by atoms with Crippen molar-refractivity contribution < 1.29 is 0 Å². The fraction of sp³-hybridized carbons (Fsp3) is 0.857. The van der Waals surface area contributed by atoms with Crippen LogP contribution in [0.15, 0.2) is 12.3 Å². The minimum Gasteiger partial charge on any atom is -0.389 e. The van der Waals surface area contributed by atoms with Gasteiger partial charge in [-0.1, -0.05) is 65.4 Å². The third-order valence-corrected chi connectivity index (χ3v) is 2.83. The third-order valence-electron chi connectivity index (χ3n) is 2.83. The van der Waals surface area contributed by atoms with E-state index in [1.807, 2.05) is 0 Å². The molecule has 0 unspecified atom stereocenters. The average Bonchev–Trinajstić information content (AvgIpc) is 2.26. The van der Waals surface area contributed by atoms with E-state index in [9.17, 15) is 0 Å². The molecule has 0 saturated carbocycles. The predicted molar refractivity (Wildman–Crippen MR) is 70.0 cm³/mol. The summed E-state index contributed by atoms with van der Waals surface area (Å²) in [5.74, 6) is 0. The number of unbranched alkanes of at least 4 members (excludes halogenated alkanes) is 7. The smallest absolute Gasteiger partial charge is 0.0143 e. The van der Waals surface area contributed by atoms with Crippen LogP contribution in [0.4, 0.5) is 0 Å². The summed E-state index contributed by atoms with van der Waals surface area (Å²) in [6.07, 6.45) is 12.2. The van der Waals surface area contributed by atoms with Gasteiger partial charge >= 0.3 is 0 Å². The van der Waals surface area contributed by atoms with Crippen molar-refractivity contribution >= 4 is 0 Å². The van der Waals surface area contributed by atoms with E-state index in [-0.39, 0.29) is 0 Å². The van der Waals surface area contributed by atoms with Gasteiger partial charge in [-0.15, -0.1) is 0 Å². The van der Waals surface area contributed by atoms with Crippen molar-refractivity contribution in [3.05, 3.63) is 12.3 Å². The van der Waals surface area contributed by atoms with Crippen molar-refractivity contribution in [2.45, 2.75) is 71.6 Å². The van der Waals surface area contributed by atoms with E-state index in [2.05, 4.69) is 25.7 Å². The molecule has 0 heterocycles.